The topological polar surface area (TPSA) is 51.2 Å². The largest absolute Gasteiger partial charge is 0.444 e. The van der Waals surface area contributed by atoms with E-state index in [1.54, 1.807) is 20.8 Å². The molecule has 3 aromatic rings. The number of aromatic nitrogens is 1. The fourth-order valence-electron chi connectivity index (χ4n) is 3.07. The van der Waals surface area contributed by atoms with Crippen molar-refractivity contribution in [3.05, 3.63) is 74.4 Å². The molecular formula is C22H20Br2F2N2O2. The Balaban J connectivity index is 2.05. The van der Waals surface area contributed by atoms with Gasteiger partial charge in [-0.1, -0.05) is 24.3 Å². The van der Waals surface area contributed by atoms with Crippen molar-refractivity contribution >= 4 is 48.7 Å². The van der Waals surface area contributed by atoms with Crippen molar-refractivity contribution < 1.29 is 18.3 Å². The highest BCUT2D eigenvalue weighted by atomic mass is 79.9. The Bertz CT molecular complexity index is 1080. The number of alkyl carbamates (subject to hydrolysis) is 1. The van der Waals surface area contributed by atoms with Crippen LogP contribution in [0.1, 0.15) is 38.1 Å². The molecule has 30 heavy (non-hydrogen) atoms. The number of rotatable bonds is 4. The number of carbonyl (C=O) groups is 1. The molecule has 0 bridgehead atoms. The van der Waals surface area contributed by atoms with E-state index in [4.69, 9.17) is 4.74 Å². The highest BCUT2D eigenvalue weighted by molar-refractivity contribution is 9.11. The summed E-state index contributed by atoms with van der Waals surface area (Å²) in [6, 6.07) is 10.2. The molecule has 1 heterocycles. The molecule has 0 aliphatic rings. The maximum atomic E-state index is 13.7. The summed E-state index contributed by atoms with van der Waals surface area (Å²) in [6.45, 7) is 5.26. The van der Waals surface area contributed by atoms with Crippen LogP contribution < -0.4 is 5.32 Å². The molecule has 0 aliphatic carbocycles. The predicted octanol–water partition coefficient (Wildman–Crippen LogP) is 6.85. The average molecular weight is 542 g/mol. The van der Waals surface area contributed by atoms with Crippen LogP contribution in [0.3, 0.4) is 0 Å². The molecule has 2 aromatic carbocycles. The summed E-state index contributed by atoms with van der Waals surface area (Å²) in [7, 11) is 0. The second-order valence-corrected chi connectivity index (χ2v) is 9.37. The SMILES string of the molecule is CC(C)(C)OC(=O)N[C@@H](Cc1cc(F)cc(F)c1)c1nc(Br)c2ccccc2c1Br. The van der Waals surface area contributed by atoms with Crippen LogP contribution in [0.25, 0.3) is 10.8 Å². The van der Waals surface area contributed by atoms with Crippen molar-refractivity contribution in [2.24, 2.45) is 0 Å². The molecule has 0 unspecified atom stereocenters. The molecule has 0 radical (unpaired) electrons. The summed E-state index contributed by atoms with van der Waals surface area (Å²) in [4.78, 5) is 17.1. The van der Waals surface area contributed by atoms with Gasteiger partial charge in [0.05, 0.1) is 11.7 Å². The van der Waals surface area contributed by atoms with E-state index in [-0.39, 0.29) is 6.42 Å². The Morgan fingerprint density at radius 2 is 1.70 bits per heavy atom. The van der Waals surface area contributed by atoms with E-state index in [0.717, 1.165) is 16.8 Å². The van der Waals surface area contributed by atoms with Crippen molar-refractivity contribution in [1.82, 2.24) is 10.3 Å². The first-order chi connectivity index (χ1) is 14.0. The smallest absolute Gasteiger partial charge is 0.408 e. The highest BCUT2D eigenvalue weighted by Crippen LogP contribution is 2.35. The Kier molecular flexibility index (Phi) is 6.77. The number of pyridine rings is 1. The number of halogens is 4. The zero-order valence-corrected chi connectivity index (χ0v) is 19.8. The number of hydrogen-bond acceptors (Lipinski definition) is 3. The molecule has 0 aliphatic heterocycles. The van der Waals surface area contributed by atoms with Gasteiger partial charge in [-0.3, -0.25) is 0 Å². The fraction of sp³-hybridized carbons (Fsp3) is 0.273. The van der Waals surface area contributed by atoms with E-state index in [0.29, 0.717) is 20.3 Å². The van der Waals surface area contributed by atoms with E-state index < -0.39 is 29.4 Å². The lowest BCUT2D eigenvalue weighted by molar-refractivity contribution is 0.0502. The van der Waals surface area contributed by atoms with Gasteiger partial charge in [-0.25, -0.2) is 18.6 Å². The van der Waals surface area contributed by atoms with E-state index >= 15 is 0 Å². The van der Waals surface area contributed by atoms with Crippen LogP contribution in [-0.4, -0.2) is 16.7 Å². The van der Waals surface area contributed by atoms with Crippen molar-refractivity contribution in [3.8, 4) is 0 Å². The predicted molar refractivity (Wildman–Crippen MR) is 119 cm³/mol. The van der Waals surface area contributed by atoms with Crippen LogP contribution in [-0.2, 0) is 11.2 Å². The number of benzene rings is 2. The third-order valence-electron chi connectivity index (χ3n) is 4.21. The first-order valence-corrected chi connectivity index (χ1v) is 10.8. The van der Waals surface area contributed by atoms with Crippen LogP contribution in [0.4, 0.5) is 13.6 Å². The Morgan fingerprint density at radius 3 is 2.30 bits per heavy atom. The number of hydrogen-bond donors (Lipinski definition) is 1. The highest BCUT2D eigenvalue weighted by Gasteiger charge is 2.25. The number of carbonyl (C=O) groups excluding carboxylic acids is 1. The number of fused-ring (bicyclic) bond motifs is 1. The van der Waals surface area contributed by atoms with Gasteiger partial charge in [0.1, 0.15) is 21.8 Å². The summed E-state index contributed by atoms with van der Waals surface area (Å²) >= 11 is 7.06. The Morgan fingerprint density at radius 1 is 1.10 bits per heavy atom. The van der Waals surface area contributed by atoms with Gasteiger partial charge in [0.25, 0.3) is 0 Å². The minimum atomic E-state index is -0.700. The van der Waals surface area contributed by atoms with Crippen molar-refractivity contribution in [1.29, 1.82) is 0 Å². The lowest BCUT2D eigenvalue weighted by Crippen LogP contribution is -2.36. The molecule has 1 aromatic heterocycles. The van der Waals surface area contributed by atoms with Crippen molar-refractivity contribution in [2.45, 2.75) is 38.8 Å². The van der Waals surface area contributed by atoms with E-state index in [9.17, 15) is 13.6 Å². The second-order valence-electron chi connectivity index (χ2n) is 7.83. The van der Waals surface area contributed by atoms with Crippen LogP contribution in [0.5, 0.6) is 0 Å². The first-order valence-electron chi connectivity index (χ1n) is 9.21. The summed E-state index contributed by atoms with van der Waals surface area (Å²) in [6.07, 6.45) is -0.535. The summed E-state index contributed by atoms with van der Waals surface area (Å²) in [5.74, 6) is -1.37. The van der Waals surface area contributed by atoms with Crippen molar-refractivity contribution in [3.63, 3.8) is 0 Å². The van der Waals surface area contributed by atoms with Crippen LogP contribution in [0.2, 0.25) is 0 Å². The van der Waals surface area contributed by atoms with Gasteiger partial charge in [-0.2, -0.15) is 0 Å². The normalized spacial score (nSPS) is 12.6. The molecule has 0 saturated heterocycles. The molecule has 0 spiro atoms. The lowest BCUT2D eigenvalue weighted by atomic mass is 10.0. The Hall–Kier alpha value is -2.06. The standard InChI is InChI=1S/C22H20Br2F2N2O2/c1-22(2,3)30-21(29)27-17(10-12-8-13(25)11-14(26)9-12)19-18(23)15-6-4-5-7-16(15)20(24)28-19/h4-9,11,17H,10H2,1-3H3,(H,27,29)/t17-/m0/s1. The average Bonchev–Trinajstić information content (AvgIpc) is 2.62. The lowest BCUT2D eigenvalue weighted by Gasteiger charge is -2.24. The number of amides is 1. The minimum Gasteiger partial charge on any atom is -0.444 e. The molecule has 0 saturated carbocycles. The zero-order chi connectivity index (χ0) is 22.1. The van der Waals surface area contributed by atoms with E-state index in [1.165, 1.54) is 12.1 Å². The van der Waals surface area contributed by atoms with Gasteiger partial charge in [0, 0.05) is 21.3 Å². The van der Waals surface area contributed by atoms with Gasteiger partial charge >= 0.3 is 6.09 Å². The maximum absolute atomic E-state index is 13.7. The molecule has 1 N–H and O–H groups in total. The van der Waals surface area contributed by atoms with Gasteiger partial charge in [0.15, 0.2) is 0 Å². The second kappa shape index (κ2) is 8.98. The monoisotopic (exact) mass is 540 g/mol. The summed E-state index contributed by atoms with van der Waals surface area (Å²) in [5.41, 5.74) is 0.191. The van der Waals surface area contributed by atoms with Crippen LogP contribution >= 0.6 is 31.9 Å². The molecule has 8 heteroatoms. The summed E-state index contributed by atoms with van der Waals surface area (Å²) < 4.78 is 34.1. The third kappa shape index (κ3) is 5.55. The van der Waals surface area contributed by atoms with Gasteiger partial charge < -0.3 is 10.1 Å². The van der Waals surface area contributed by atoms with E-state index in [2.05, 4.69) is 42.2 Å². The molecule has 158 valence electrons. The number of nitrogens with zero attached hydrogens (tertiary/aromatic N) is 1. The molecule has 4 nitrogen and oxygen atoms in total. The Labute approximate surface area is 190 Å². The molecular weight excluding hydrogens is 522 g/mol. The minimum absolute atomic E-state index is 0.115. The van der Waals surface area contributed by atoms with Gasteiger partial charge in [-0.15, -0.1) is 0 Å². The number of ether oxygens (including phenoxy) is 1. The van der Waals surface area contributed by atoms with Gasteiger partial charge in [-0.05, 0) is 76.7 Å². The third-order valence-corrected chi connectivity index (χ3v) is 5.65. The fourth-order valence-corrected chi connectivity index (χ4v) is 4.32. The van der Waals surface area contributed by atoms with Crippen molar-refractivity contribution in [2.75, 3.05) is 0 Å². The summed E-state index contributed by atoms with van der Waals surface area (Å²) in [5, 5.41) is 4.57. The quantitative estimate of drug-likeness (QED) is 0.367. The van der Waals surface area contributed by atoms with Crippen LogP contribution in [0, 0.1) is 11.6 Å². The molecule has 3 rings (SSSR count). The molecule has 1 amide bonds. The van der Waals surface area contributed by atoms with Crippen LogP contribution in [0.15, 0.2) is 51.5 Å². The van der Waals surface area contributed by atoms with E-state index in [1.807, 2.05) is 24.3 Å². The maximum Gasteiger partial charge on any atom is 0.408 e. The first kappa shape index (κ1) is 22.6. The molecule has 0 fully saturated rings. The zero-order valence-electron chi connectivity index (χ0n) is 16.6. The van der Waals surface area contributed by atoms with Gasteiger partial charge in [0.2, 0.25) is 0 Å². The molecule has 1 atom stereocenters. The number of nitrogens with one attached hydrogen (secondary N) is 1.